The number of nitrogens with zero attached hydrogens (tertiary/aromatic N) is 6. The van der Waals surface area contributed by atoms with E-state index >= 15 is 0 Å². The molecule has 0 N–H and O–H groups in total. The first-order chi connectivity index (χ1) is 11.6. The lowest BCUT2D eigenvalue weighted by Crippen LogP contribution is -2.36. The van der Waals surface area contributed by atoms with Crippen LogP contribution in [0.3, 0.4) is 0 Å². The minimum atomic E-state index is 0.0212. The first kappa shape index (κ1) is 15.1. The van der Waals surface area contributed by atoms with Crippen LogP contribution in [0.15, 0.2) is 30.7 Å². The highest BCUT2D eigenvalue weighted by Crippen LogP contribution is 2.26. The maximum Gasteiger partial charge on any atom is 0.274 e. The molecule has 2 aliphatic heterocycles. The Morgan fingerprint density at radius 1 is 1.25 bits per heavy atom. The Morgan fingerprint density at radius 3 is 2.75 bits per heavy atom. The van der Waals surface area contributed by atoms with Gasteiger partial charge in [-0.1, -0.05) is 12.2 Å². The molecule has 7 nitrogen and oxygen atoms in total. The van der Waals surface area contributed by atoms with Crippen molar-refractivity contribution in [1.29, 1.82) is 0 Å². The highest BCUT2D eigenvalue weighted by molar-refractivity contribution is 5.92. The molecule has 0 radical (unpaired) electrons. The Morgan fingerprint density at radius 2 is 2.04 bits per heavy atom. The Bertz CT molecular complexity index is 781. The SMILES string of the molecule is CC1c2nc(C(=O)N3CC=CC3)cn2CCN1Cc1cnn(C)c1. The number of aromatic nitrogens is 4. The van der Waals surface area contributed by atoms with Crippen molar-refractivity contribution in [2.45, 2.75) is 26.1 Å². The summed E-state index contributed by atoms with van der Waals surface area (Å²) in [5, 5.41) is 4.24. The molecule has 0 aliphatic carbocycles. The van der Waals surface area contributed by atoms with Gasteiger partial charge in [0.15, 0.2) is 0 Å². The van der Waals surface area contributed by atoms with Crippen molar-refractivity contribution in [3.8, 4) is 0 Å². The fourth-order valence-electron chi connectivity index (χ4n) is 3.45. The van der Waals surface area contributed by atoms with Gasteiger partial charge in [-0.2, -0.15) is 5.10 Å². The lowest BCUT2D eigenvalue weighted by Gasteiger charge is -2.33. The van der Waals surface area contributed by atoms with Gasteiger partial charge in [-0.05, 0) is 6.92 Å². The first-order valence-electron chi connectivity index (χ1n) is 8.35. The molecule has 126 valence electrons. The van der Waals surface area contributed by atoms with Gasteiger partial charge in [-0.3, -0.25) is 14.4 Å². The lowest BCUT2D eigenvalue weighted by molar-refractivity contribution is 0.0794. The second-order valence-corrected chi connectivity index (χ2v) is 6.53. The lowest BCUT2D eigenvalue weighted by atomic mass is 10.2. The summed E-state index contributed by atoms with van der Waals surface area (Å²) in [6.45, 7) is 6.17. The fourth-order valence-corrected chi connectivity index (χ4v) is 3.45. The summed E-state index contributed by atoms with van der Waals surface area (Å²) in [6, 6.07) is 0.178. The fraction of sp³-hybridized carbons (Fsp3) is 0.471. The largest absolute Gasteiger partial charge is 0.331 e. The number of aryl methyl sites for hydroxylation is 1. The average molecular weight is 326 g/mol. The Hall–Kier alpha value is -2.41. The summed E-state index contributed by atoms with van der Waals surface area (Å²) in [4.78, 5) is 21.4. The Kier molecular flexibility index (Phi) is 3.72. The highest BCUT2D eigenvalue weighted by Gasteiger charge is 2.29. The van der Waals surface area contributed by atoms with Crippen molar-refractivity contribution in [2.75, 3.05) is 19.6 Å². The van der Waals surface area contributed by atoms with E-state index in [1.54, 1.807) is 0 Å². The third-order valence-corrected chi connectivity index (χ3v) is 4.83. The zero-order valence-corrected chi connectivity index (χ0v) is 14.1. The monoisotopic (exact) mass is 326 g/mol. The highest BCUT2D eigenvalue weighted by atomic mass is 16.2. The standard InChI is InChI=1S/C17H22N6O/c1-13-16-19-15(17(24)21-5-3-4-6-21)12-23(16)8-7-22(13)11-14-9-18-20(2)10-14/h3-4,9-10,12-13H,5-8,11H2,1-2H3. The van der Waals surface area contributed by atoms with Crippen molar-refractivity contribution < 1.29 is 4.79 Å². The van der Waals surface area contributed by atoms with Crippen LogP contribution < -0.4 is 0 Å². The molecule has 2 aliphatic rings. The third kappa shape index (κ3) is 2.65. The van der Waals surface area contributed by atoms with Crippen LogP contribution >= 0.6 is 0 Å². The summed E-state index contributed by atoms with van der Waals surface area (Å²) in [7, 11) is 1.93. The zero-order valence-electron chi connectivity index (χ0n) is 14.1. The number of fused-ring (bicyclic) bond motifs is 1. The van der Waals surface area contributed by atoms with Crippen LogP contribution in [0.25, 0.3) is 0 Å². The average Bonchev–Trinajstić information content (AvgIpc) is 3.30. The first-order valence-corrected chi connectivity index (χ1v) is 8.35. The molecule has 0 spiro atoms. The summed E-state index contributed by atoms with van der Waals surface area (Å²) in [5.41, 5.74) is 1.76. The molecule has 2 aromatic heterocycles. The van der Waals surface area contributed by atoms with Gasteiger partial charge in [0.2, 0.25) is 0 Å². The number of amides is 1. The minimum Gasteiger partial charge on any atom is -0.331 e. The summed E-state index contributed by atoms with van der Waals surface area (Å²) >= 11 is 0. The van der Waals surface area contributed by atoms with Gasteiger partial charge in [0.05, 0.1) is 12.2 Å². The van der Waals surface area contributed by atoms with Crippen LogP contribution in [-0.4, -0.2) is 54.7 Å². The molecule has 4 heterocycles. The molecule has 0 bridgehead atoms. The minimum absolute atomic E-state index is 0.0212. The topological polar surface area (TPSA) is 59.2 Å². The summed E-state index contributed by atoms with van der Waals surface area (Å²) in [5.74, 6) is 0.994. The smallest absolute Gasteiger partial charge is 0.274 e. The van der Waals surface area contributed by atoms with E-state index in [1.165, 1.54) is 5.56 Å². The van der Waals surface area contributed by atoms with Crippen molar-refractivity contribution >= 4 is 5.91 Å². The van der Waals surface area contributed by atoms with Crippen LogP contribution in [0.1, 0.15) is 34.8 Å². The van der Waals surface area contributed by atoms with Crippen molar-refractivity contribution in [2.24, 2.45) is 7.05 Å². The van der Waals surface area contributed by atoms with Gasteiger partial charge >= 0.3 is 0 Å². The van der Waals surface area contributed by atoms with E-state index in [-0.39, 0.29) is 11.9 Å². The van der Waals surface area contributed by atoms with Gasteiger partial charge in [0.25, 0.3) is 5.91 Å². The van der Waals surface area contributed by atoms with E-state index in [9.17, 15) is 4.79 Å². The molecular weight excluding hydrogens is 304 g/mol. The number of imidazole rings is 1. The molecule has 2 aromatic rings. The predicted molar refractivity (Wildman–Crippen MR) is 89.3 cm³/mol. The van der Waals surface area contributed by atoms with E-state index in [4.69, 9.17) is 0 Å². The van der Waals surface area contributed by atoms with Crippen LogP contribution in [0.4, 0.5) is 0 Å². The van der Waals surface area contributed by atoms with E-state index in [2.05, 4.69) is 26.5 Å². The van der Waals surface area contributed by atoms with Crippen molar-refractivity contribution in [3.63, 3.8) is 0 Å². The maximum absolute atomic E-state index is 12.5. The second-order valence-electron chi connectivity index (χ2n) is 6.53. The van der Waals surface area contributed by atoms with Gasteiger partial charge in [0, 0.05) is 57.7 Å². The van der Waals surface area contributed by atoms with Crippen LogP contribution in [0.5, 0.6) is 0 Å². The molecule has 1 amide bonds. The molecule has 7 heteroatoms. The number of hydrogen-bond acceptors (Lipinski definition) is 4. The predicted octanol–water partition coefficient (Wildman–Crippen LogP) is 1.21. The maximum atomic E-state index is 12.5. The molecule has 0 saturated heterocycles. The van der Waals surface area contributed by atoms with Crippen LogP contribution in [-0.2, 0) is 20.1 Å². The Labute approximate surface area is 141 Å². The van der Waals surface area contributed by atoms with E-state index in [1.807, 2.05) is 47.4 Å². The zero-order chi connectivity index (χ0) is 16.7. The van der Waals surface area contributed by atoms with Gasteiger partial charge in [-0.25, -0.2) is 4.98 Å². The van der Waals surface area contributed by atoms with Gasteiger partial charge < -0.3 is 9.47 Å². The number of rotatable bonds is 3. The normalized spacial score (nSPS) is 20.6. The Balaban J connectivity index is 1.52. The number of carbonyl (C=O) groups is 1. The van der Waals surface area contributed by atoms with Gasteiger partial charge in [0.1, 0.15) is 11.5 Å². The van der Waals surface area contributed by atoms with E-state index < -0.39 is 0 Å². The van der Waals surface area contributed by atoms with Crippen LogP contribution in [0, 0.1) is 0 Å². The molecule has 0 aromatic carbocycles. The molecular formula is C17H22N6O. The molecule has 4 rings (SSSR count). The summed E-state index contributed by atoms with van der Waals surface area (Å²) < 4.78 is 3.95. The van der Waals surface area contributed by atoms with Crippen molar-refractivity contribution in [1.82, 2.24) is 29.1 Å². The van der Waals surface area contributed by atoms with E-state index in [0.717, 1.165) is 25.5 Å². The van der Waals surface area contributed by atoms with Crippen LogP contribution in [0.2, 0.25) is 0 Å². The quantitative estimate of drug-likeness (QED) is 0.796. The molecule has 24 heavy (non-hydrogen) atoms. The number of carbonyl (C=O) groups excluding carboxylic acids is 1. The van der Waals surface area contributed by atoms with Crippen molar-refractivity contribution in [3.05, 3.63) is 47.8 Å². The third-order valence-electron chi connectivity index (χ3n) is 4.83. The summed E-state index contributed by atoms with van der Waals surface area (Å²) in [6.07, 6.45) is 9.90. The second kappa shape index (κ2) is 5.90. The van der Waals surface area contributed by atoms with E-state index in [0.29, 0.717) is 18.8 Å². The van der Waals surface area contributed by atoms with Gasteiger partial charge in [-0.15, -0.1) is 0 Å². The molecule has 0 saturated carbocycles. The number of hydrogen-bond donors (Lipinski definition) is 0. The molecule has 0 fully saturated rings. The molecule has 1 atom stereocenters. The molecule has 1 unspecified atom stereocenters.